The third-order valence-electron chi connectivity index (χ3n) is 6.91. The van der Waals surface area contributed by atoms with Crippen LogP contribution in [0.25, 0.3) is 0 Å². The molecule has 0 bridgehead atoms. The lowest BCUT2D eigenvalue weighted by Gasteiger charge is -2.34. The van der Waals surface area contributed by atoms with Crippen molar-refractivity contribution in [3.8, 4) is 0 Å². The zero-order chi connectivity index (χ0) is 26.4. The van der Waals surface area contributed by atoms with Crippen molar-refractivity contribution in [3.05, 3.63) is 70.5 Å². The standard InChI is InChI=1S/C29H40N6OS/c1-20(2)24-7-6-8-25(21(3)4)27(24)32-28(36)30-13-14-34-15-17-35(18-16-34)29-31-26(33-37-29)19-23-11-9-22(5)10-12-23/h6-12,20-21H,13-19H2,1-5H3,(H2,30,32,36). The second-order valence-corrected chi connectivity index (χ2v) is 11.2. The smallest absolute Gasteiger partial charge is 0.319 e. The normalized spacial score (nSPS) is 14.4. The van der Waals surface area contributed by atoms with Crippen LogP contribution in [0.15, 0.2) is 42.5 Å². The van der Waals surface area contributed by atoms with Crippen LogP contribution in [-0.2, 0) is 6.42 Å². The summed E-state index contributed by atoms with van der Waals surface area (Å²) in [5.74, 6) is 1.58. The zero-order valence-electron chi connectivity index (χ0n) is 22.8. The van der Waals surface area contributed by atoms with Gasteiger partial charge in [-0.1, -0.05) is 75.7 Å². The Balaban J connectivity index is 1.22. The van der Waals surface area contributed by atoms with E-state index in [9.17, 15) is 4.79 Å². The third kappa shape index (κ3) is 7.29. The molecule has 1 aliphatic rings. The van der Waals surface area contributed by atoms with Gasteiger partial charge >= 0.3 is 6.03 Å². The van der Waals surface area contributed by atoms with E-state index in [1.54, 1.807) is 0 Å². The molecule has 7 nitrogen and oxygen atoms in total. The number of aryl methyl sites for hydroxylation is 1. The summed E-state index contributed by atoms with van der Waals surface area (Å²) in [6.07, 6.45) is 0.769. The van der Waals surface area contributed by atoms with E-state index in [4.69, 9.17) is 4.98 Å². The molecule has 8 heteroatoms. The van der Waals surface area contributed by atoms with Crippen LogP contribution in [-0.4, -0.2) is 59.6 Å². The van der Waals surface area contributed by atoms with Gasteiger partial charge in [-0.3, -0.25) is 4.90 Å². The van der Waals surface area contributed by atoms with Crippen molar-refractivity contribution >= 4 is 28.4 Å². The third-order valence-corrected chi connectivity index (χ3v) is 7.72. The minimum Gasteiger partial charge on any atom is -0.344 e. The van der Waals surface area contributed by atoms with E-state index in [2.05, 4.69) is 102 Å². The van der Waals surface area contributed by atoms with Gasteiger partial charge < -0.3 is 15.5 Å². The highest BCUT2D eigenvalue weighted by atomic mass is 32.1. The minimum atomic E-state index is -0.136. The number of urea groups is 1. The zero-order valence-corrected chi connectivity index (χ0v) is 23.6. The van der Waals surface area contributed by atoms with Gasteiger partial charge in [0.1, 0.15) is 5.82 Å². The summed E-state index contributed by atoms with van der Waals surface area (Å²) in [6, 6.07) is 14.7. The van der Waals surface area contributed by atoms with E-state index in [1.807, 2.05) is 0 Å². The summed E-state index contributed by atoms with van der Waals surface area (Å²) in [4.78, 5) is 22.2. The average Bonchev–Trinajstić information content (AvgIpc) is 3.34. The fourth-order valence-corrected chi connectivity index (χ4v) is 5.41. The summed E-state index contributed by atoms with van der Waals surface area (Å²) in [5.41, 5.74) is 5.82. The largest absolute Gasteiger partial charge is 0.344 e. The number of hydrogen-bond acceptors (Lipinski definition) is 6. The van der Waals surface area contributed by atoms with Crippen molar-refractivity contribution in [2.45, 2.75) is 52.9 Å². The molecular formula is C29H40N6OS. The van der Waals surface area contributed by atoms with Gasteiger partial charge in [-0.05, 0) is 35.4 Å². The molecule has 1 fully saturated rings. The molecule has 3 aromatic rings. The number of carbonyl (C=O) groups is 1. The Kier molecular flexibility index (Phi) is 9.16. The molecular weight excluding hydrogens is 480 g/mol. The summed E-state index contributed by atoms with van der Waals surface area (Å²) in [7, 11) is 0. The Morgan fingerprint density at radius 2 is 1.62 bits per heavy atom. The van der Waals surface area contributed by atoms with Crippen LogP contribution in [0.4, 0.5) is 15.6 Å². The second-order valence-electron chi connectivity index (χ2n) is 10.5. The van der Waals surface area contributed by atoms with Crippen molar-refractivity contribution < 1.29 is 4.79 Å². The van der Waals surface area contributed by atoms with Gasteiger partial charge in [0.15, 0.2) is 0 Å². The molecule has 0 atom stereocenters. The lowest BCUT2D eigenvalue weighted by molar-refractivity contribution is 0.240. The Morgan fingerprint density at radius 1 is 0.973 bits per heavy atom. The van der Waals surface area contributed by atoms with E-state index in [-0.39, 0.29) is 6.03 Å². The van der Waals surface area contributed by atoms with Crippen molar-refractivity contribution in [1.29, 1.82) is 0 Å². The number of amides is 2. The monoisotopic (exact) mass is 520 g/mol. The highest BCUT2D eigenvalue weighted by Crippen LogP contribution is 2.32. The molecule has 0 radical (unpaired) electrons. The molecule has 0 saturated carbocycles. The predicted octanol–water partition coefficient (Wildman–Crippen LogP) is 5.63. The summed E-state index contributed by atoms with van der Waals surface area (Å²) in [6.45, 7) is 15.9. The Labute approximate surface area is 225 Å². The van der Waals surface area contributed by atoms with E-state index in [0.29, 0.717) is 18.4 Å². The van der Waals surface area contributed by atoms with Crippen LogP contribution in [0.2, 0.25) is 0 Å². The number of hydrogen-bond donors (Lipinski definition) is 2. The molecule has 2 heterocycles. The maximum absolute atomic E-state index is 12.7. The second kappa shape index (κ2) is 12.5. The number of carbonyl (C=O) groups excluding carboxylic acids is 1. The van der Waals surface area contributed by atoms with Gasteiger partial charge in [-0.2, -0.15) is 4.37 Å². The number of aromatic nitrogens is 2. The maximum atomic E-state index is 12.7. The molecule has 4 rings (SSSR count). The first-order valence-corrected chi connectivity index (χ1v) is 14.1. The topological polar surface area (TPSA) is 73.4 Å². The molecule has 37 heavy (non-hydrogen) atoms. The summed E-state index contributed by atoms with van der Waals surface area (Å²) in [5, 5.41) is 7.20. The van der Waals surface area contributed by atoms with Crippen LogP contribution in [0.5, 0.6) is 0 Å². The van der Waals surface area contributed by atoms with Crippen molar-refractivity contribution in [1.82, 2.24) is 19.6 Å². The number of anilines is 2. The maximum Gasteiger partial charge on any atom is 0.319 e. The molecule has 0 spiro atoms. The predicted molar refractivity (Wildman–Crippen MR) is 154 cm³/mol. The van der Waals surface area contributed by atoms with Gasteiger partial charge in [0.25, 0.3) is 0 Å². The Bertz CT molecular complexity index is 1140. The number of rotatable bonds is 9. The molecule has 0 aliphatic carbocycles. The fourth-order valence-electron chi connectivity index (χ4n) is 4.68. The number of benzene rings is 2. The first-order valence-electron chi connectivity index (χ1n) is 13.3. The molecule has 0 unspecified atom stereocenters. The number of para-hydroxylation sites is 1. The van der Waals surface area contributed by atoms with Crippen LogP contribution in [0.1, 0.15) is 67.6 Å². The van der Waals surface area contributed by atoms with Crippen molar-refractivity contribution in [2.24, 2.45) is 0 Å². The Morgan fingerprint density at radius 3 is 2.24 bits per heavy atom. The molecule has 1 saturated heterocycles. The highest BCUT2D eigenvalue weighted by molar-refractivity contribution is 7.09. The van der Waals surface area contributed by atoms with E-state index < -0.39 is 0 Å². The lowest BCUT2D eigenvalue weighted by atomic mass is 9.93. The molecule has 198 valence electrons. The van der Waals surface area contributed by atoms with Crippen LogP contribution in [0.3, 0.4) is 0 Å². The quantitative estimate of drug-likeness (QED) is 0.383. The molecule has 2 N–H and O–H groups in total. The molecule has 2 aromatic carbocycles. The molecule has 2 amide bonds. The SMILES string of the molecule is Cc1ccc(Cc2nsc(N3CCN(CCNC(=O)Nc4c(C(C)C)cccc4C(C)C)CC3)n2)cc1. The molecule has 1 aliphatic heterocycles. The van der Waals surface area contributed by atoms with Gasteiger partial charge in [0.2, 0.25) is 5.13 Å². The van der Waals surface area contributed by atoms with E-state index >= 15 is 0 Å². The van der Waals surface area contributed by atoms with Gasteiger partial charge in [0, 0.05) is 62.9 Å². The van der Waals surface area contributed by atoms with E-state index in [0.717, 1.165) is 55.8 Å². The summed E-state index contributed by atoms with van der Waals surface area (Å²) < 4.78 is 4.59. The molecule has 1 aromatic heterocycles. The lowest BCUT2D eigenvalue weighted by Crippen LogP contribution is -2.48. The highest BCUT2D eigenvalue weighted by Gasteiger charge is 2.21. The van der Waals surface area contributed by atoms with Crippen LogP contribution >= 0.6 is 11.5 Å². The fraction of sp³-hybridized carbons (Fsp3) is 0.483. The van der Waals surface area contributed by atoms with Crippen molar-refractivity contribution in [2.75, 3.05) is 49.5 Å². The minimum absolute atomic E-state index is 0.136. The van der Waals surface area contributed by atoms with Crippen LogP contribution in [0, 0.1) is 6.92 Å². The first-order chi connectivity index (χ1) is 17.8. The van der Waals surface area contributed by atoms with Crippen molar-refractivity contribution in [3.63, 3.8) is 0 Å². The van der Waals surface area contributed by atoms with Crippen LogP contribution < -0.4 is 15.5 Å². The average molecular weight is 521 g/mol. The Hall–Kier alpha value is -2.97. The van der Waals surface area contributed by atoms with Gasteiger partial charge in [-0.15, -0.1) is 0 Å². The number of nitrogens with zero attached hydrogens (tertiary/aromatic N) is 4. The number of nitrogens with one attached hydrogen (secondary N) is 2. The van der Waals surface area contributed by atoms with Gasteiger partial charge in [0.05, 0.1) is 0 Å². The van der Waals surface area contributed by atoms with E-state index in [1.165, 1.54) is 33.8 Å². The first kappa shape index (κ1) is 27.1. The van der Waals surface area contributed by atoms with Gasteiger partial charge in [-0.25, -0.2) is 9.78 Å². The number of piperazine rings is 1. The summed E-state index contributed by atoms with van der Waals surface area (Å²) >= 11 is 1.49.